The van der Waals surface area contributed by atoms with Crippen molar-refractivity contribution in [2.45, 2.75) is 12.8 Å². The number of anilines is 1. The van der Waals surface area contributed by atoms with Crippen molar-refractivity contribution < 1.29 is 9.59 Å². The van der Waals surface area contributed by atoms with Crippen LogP contribution in [-0.2, 0) is 11.2 Å². The lowest BCUT2D eigenvalue weighted by Crippen LogP contribution is -2.17. The van der Waals surface area contributed by atoms with Crippen molar-refractivity contribution in [2.75, 3.05) is 12.4 Å². The summed E-state index contributed by atoms with van der Waals surface area (Å²) in [5, 5.41) is 6.14. The highest BCUT2D eigenvalue weighted by Gasteiger charge is 2.11. The highest BCUT2D eigenvalue weighted by atomic mass is 35.5. The zero-order valence-corrected chi connectivity index (χ0v) is 14.0. The van der Waals surface area contributed by atoms with Gasteiger partial charge in [-0.1, -0.05) is 35.3 Å². The summed E-state index contributed by atoms with van der Waals surface area (Å²) >= 11 is 11.8. The second-order valence-corrected chi connectivity index (χ2v) is 5.79. The average molecular weight is 351 g/mol. The Balaban J connectivity index is 2.00. The lowest BCUT2D eigenvalue weighted by molar-refractivity contribution is -0.120. The highest BCUT2D eigenvalue weighted by Crippen LogP contribution is 2.22. The van der Waals surface area contributed by atoms with Crippen LogP contribution in [0.15, 0.2) is 42.5 Å². The Kier molecular flexibility index (Phi) is 6.02. The maximum atomic E-state index is 12.2. The van der Waals surface area contributed by atoms with E-state index < -0.39 is 0 Å². The average Bonchev–Trinajstić information content (AvgIpc) is 2.53. The first-order valence-electron chi connectivity index (χ1n) is 7.05. The van der Waals surface area contributed by atoms with Crippen molar-refractivity contribution in [2.24, 2.45) is 0 Å². The minimum absolute atomic E-state index is 0.000223. The third kappa shape index (κ3) is 4.98. The predicted octanol–water partition coefficient (Wildman–Crippen LogP) is 3.92. The Morgan fingerprint density at radius 3 is 2.35 bits per heavy atom. The minimum atomic E-state index is -0.301. The molecule has 0 spiro atoms. The molecule has 2 amide bonds. The van der Waals surface area contributed by atoms with E-state index in [9.17, 15) is 9.59 Å². The predicted molar refractivity (Wildman–Crippen MR) is 93.2 cm³/mol. The highest BCUT2D eigenvalue weighted by molar-refractivity contribution is 6.37. The first kappa shape index (κ1) is 17.3. The third-order valence-corrected chi connectivity index (χ3v) is 3.85. The molecule has 2 aromatic carbocycles. The van der Waals surface area contributed by atoms with Gasteiger partial charge < -0.3 is 10.6 Å². The molecule has 0 aliphatic rings. The fourth-order valence-corrected chi connectivity index (χ4v) is 2.50. The molecule has 0 aliphatic carbocycles. The normalized spacial score (nSPS) is 10.2. The number of carbonyl (C=O) groups is 2. The van der Waals surface area contributed by atoms with E-state index in [1.54, 1.807) is 31.3 Å². The van der Waals surface area contributed by atoms with Gasteiger partial charge in [-0.15, -0.1) is 0 Å². The third-order valence-electron chi connectivity index (χ3n) is 3.31. The van der Waals surface area contributed by atoms with E-state index in [2.05, 4.69) is 10.6 Å². The Hall–Kier alpha value is -2.04. The molecule has 2 N–H and O–H groups in total. The molecule has 0 fully saturated rings. The van der Waals surface area contributed by atoms with Crippen LogP contribution < -0.4 is 10.6 Å². The molecule has 0 aromatic heterocycles. The smallest absolute Gasteiger partial charge is 0.257 e. The Labute approximate surface area is 144 Å². The van der Waals surface area contributed by atoms with Gasteiger partial charge in [-0.3, -0.25) is 9.59 Å². The molecule has 0 saturated carbocycles. The SMILES string of the molecule is CNC(=O)CCc1ccc(NC(=O)c2ccc(Cl)cc2Cl)cc1. The molecule has 23 heavy (non-hydrogen) atoms. The van der Waals surface area contributed by atoms with Crippen LogP contribution >= 0.6 is 23.2 Å². The fraction of sp³-hybridized carbons (Fsp3) is 0.176. The van der Waals surface area contributed by atoms with Gasteiger partial charge in [-0.05, 0) is 42.3 Å². The van der Waals surface area contributed by atoms with Crippen LogP contribution in [0.1, 0.15) is 22.3 Å². The number of benzene rings is 2. The molecule has 0 radical (unpaired) electrons. The Morgan fingerprint density at radius 1 is 1.04 bits per heavy atom. The largest absolute Gasteiger partial charge is 0.359 e. The maximum Gasteiger partial charge on any atom is 0.257 e. The number of hydrogen-bond donors (Lipinski definition) is 2. The summed E-state index contributed by atoms with van der Waals surface area (Å²) in [4.78, 5) is 23.4. The summed E-state index contributed by atoms with van der Waals surface area (Å²) in [7, 11) is 1.61. The number of carbonyl (C=O) groups excluding carboxylic acids is 2. The van der Waals surface area contributed by atoms with E-state index in [1.165, 1.54) is 6.07 Å². The first-order chi connectivity index (χ1) is 11.0. The van der Waals surface area contributed by atoms with Crippen LogP contribution in [0.3, 0.4) is 0 Å². The second-order valence-electron chi connectivity index (χ2n) is 4.95. The van der Waals surface area contributed by atoms with E-state index in [0.717, 1.165) is 5.56 Å². The molecule has 0 atom stereocenters. The van der Waals surface area contributed by atoms with Gasteiger partial charge in [0.1, 0.15) is 0 Å². The van der Waals surface area contributed by atoms with Crippen LogP contribution in [0.4, 0.5) is 5.69 Å². The lowest BCUT2D eigenvalue weighted by Gasteiger charge is -2.08. The van der Waals surface area contributed by atoms with Crippen molar-refractivity contribution >= 4 is 40.7 Å². The Bertz CT molecular complexity index is 715. The van der Waals surface area contributed by atoms with E-state index in [-0.39, 0.29) is 11.8 Å². The van der Waals surface area contributed by atoms with Gasteiger partial charge in [0.25, 0.3) is 5.91 Å². The topological polar surface area (TPSA) is 58.2 Å². The lowest BCUT2D eigenvalue weighted by atomic mass is 10.1. The number of rotatable bonds is 5. The molecule has 0 aliphatic heterocycles. The van der Waals surface area contributed by atoms with Gasteiger partial charge >= 0.3 is 0 Å². The number of nitrogens with one attached hydrogen (secondary N) is 2. The monoisotopic (exact) mass is 350 g/mol. The standard InChI is InChI=1S/C17H16Cl2N2O2/c1-20-16(22)9-4-11-2-6-13(7-3-11)21-17(23)14-8-5-12(18)10-15(14)19/h2-3,5-8,10H,4,9H2,1H3,(H,20,22)(H,21,23). The zero-order valence-electron chi connectivity index (χ0n) is 12.5. The van der Waals surface area contributed by atoms with Gasteiger partial charge in [0.2, 0.25) is 5.91 Å². The summed E-state index contributed by atoms with van der Waals surface area (Å²) < 4.78 is 0. The van der Waals surface area contributed by atoms with Crippen LogP contribution in [0, 0.1) is 0 Å². The Morgan fingerprint density at radius 2 is 1.74 bits per heavy atom. The molecule has 120 valence electrons. The van der Waals surface area contributed by atoms with Crippen molar-refractivity contribution in [3.05, 3.63) is 63.6 Å². The summed E-state index contributed by atoms with van der Waals surface area (Å²) in [6.45, 7) is 0. The molecular weight excluding hydrogens is 335 g/mol. The molecule has 2 aromatic rings. The number of halogens is 2. The van der Waals surface area contributed by atoms with Crippen molar-refractivity contribution in [3.8, 4) is 0 Å². The van der Waals surface area contributed by atoms with Crippen LogP contribution in [0.25, 0.3) is 0 Å². The molecule has 6 heteroatoms. The van der Waals surface area contributed by atoms with E-state index in [0.29, 0.717) is 34.1 Å². The van der Waals surface area contributed by atoms with Gasteiger partial charge in [-0.25, -0.2) is 0 Å². The molecule has 4 nitrogen and oxygen atoms in total. The summed E-state index contributed by atoms with van der Waals surface area (Å²) in [6, 6.07) is 12.1. The van der Waals surface area contributed by atoms with Crippen LogP contribution in [0.5, 0.6) is 0 Å². The number of hydrogen-bond acceptors (Lipinski definition) is 2. The van der Waals surface area contributed by atoms with Crippen molar-refractivity contribution in [3.63, 3.8) is 0 Å². The molecule has 0 heterocycles. The fourth-order valence-electron chi connectivity index (χ4n) is 2.01. The van der Waals surface area contributed by atoms with Crippen LogP contribution in [0.2, 0.25) is 10.0 Å². The van der Waals surface area contributed by atoms with E-state index >= 15 is 0 Å². The molecule has 2 rings (SSSR count). The van der Waals surface area contributed by atoms with E-state index in [4.69, 9.17) is 23.2 Å². The second kappa shape index (κ2) is 7.99. The molecule has 0 saturated heterocycles. The van der Waals surface area contributed by atoms with E-state index in [1.807, 2.05) is 12.1 Å². The molecule has 0 unspecified atom stereocenters. The van der Waals surface area contributed by atoms with Crippen LogP contribution in [-0.4, -0.2) is 18.9 Å². The molecular formula is C17H16Cl2N2O2. The van der Waals surface area contributed by atoms with Gasteiger partial charge in [0, 0.05) is 24.2 Å². The van der Waals surface area contributed by atoms with Crippen molar-refractivity contribution in [1.29, 1.82) is 0 Å². The van der Waals surface area contributed by atoms with Gasteiger partial charge in [-0.2, -0.15) is 0 Å². The minimum Gasteiger partial charge on any atom is -0.359 e. The maximum absolute atomic E-state index is 12.2. The first-order valence-corrected chi connectivity index (χ1v) is 7.81. The molecule has 0 bridgehead atoms. The summed E-state index contributed by atoms with van der Waals surface area (Å²) in [5.41, 5.74) is 2.04. The number of aryl methyl sites for hydroxylation is 1. The van der Waals surface area contributed by atoms with Gasteiger partial charge in [0.05, 0.1) is 10.6 Å². The quantitative estimate of drug-likeness (QED) is 0.858. The summed E-state index contributed by atoms with van der Waals surface area (Å²) in [5.74, 6) is -0.301. The van der Waals surface area contributed by atoms with Crippen molar-refractivity contribution in [1.82, 2.24) is 5.32 Å². The summed E-state index contributed by atoms with van der Waals surface area (Å²) in [6.07, 6.45) is 1.08. The zero-order chi connectivity index (χ0) is 16.8. The van der Waals surface area contributed by atoms with Gasteiger partial charge in [0.15, 0.2) is 0 Å². The number of amides is 2.